The first-order valence-electron chi connectivity index (χ1n) is 7.47. The quantitative estimate of drug-likeness (QED) is 0.332. The molecule has 0 radical (unpaired) electrons. The number of nitrogens with one attached hydrogen (secondary N) is 1. The van der Waals surface area contributed by atoms with E-state index in [0.717, 1.165) is 13.0 Å². The van der Waals surface area contributed by atoms with Crippen LogP contribution in [0.4, 0.5) is 0 Å². The Bertz CT molecular complexity index is 110. The summed E-state index contributed by atoms with van der Waals surface area (Å²) in [5, 5.41) is 2.91. The molecule has 2 heteroatoms. The predicted molar refractivity (Wildman–Crippen MR) is 101 cm³/mol. The van der Waals surface area contributed by atoms with Crippen molar-refractivity contribution in [3.63, 3.8) is 0 Å². The molecule has 0 aliphatic rings. The summed E-state index contributed by atoms with van der Waals surface area (Å²) in [7, 11) is 2.43. The normalized spacial score (nSPS) is 6.47. The molecule has 0 saturated carbocycles. The lowest BCUT2D eigenvalue weighted by Crippen LogP contribution is -1.96. The standard InChI is InChI=1S/C6H12.C4H10NP.C3H6.2C2H6/c1-3-5-6-4-2;1-2-3-4-5-6;1-3-2;2*1-2/h3H,1,4-6H2,2H3;2,5H,1,3-4,6H2;3H,1H2,2H3;2*1-2H3. The molecule has 0 bridgehead atoms. The van der Waals surface area contributed by atoms with Gasteiger partial charge in [0.2, 0.25) is 0 Å². The molecule has 0 aromatic carbocycles. The van der Waals surface area contributed by atoms with Gasteiger partial charge < -0.3 is 5.09 Å². The fourth-order valence-electron chi connectivity index (χ4n) is 0.534. The maximum Gasteiger partial charge on any atom is 0.00201 e. The van der Waals surface area contributed by atoms with Crippen LogP contribution < -0.4 is 5.09 Å². The first kappa shape index (κ1) is 31.2. The van der Waals surface area contributed by atoms with Crippen LogP contribution in [-0.2, 0) is 0 Å². The van der Waals surface area contributed by atoms with E-state index in [1.165, 1.54) is 19.3 Å². The van der Waals surface area contributed by atoms with Crippen molar-refractivity contribution in [2.75, 3.05) is 6.54 Å². The van der Waals surface area contributed by atoms with E-state index < -0.39 is 0 Å². The van der Waals surface area contributed by atoms with Crippen LogP contribution in [0.1, 0.15) is 67.2 Å². The number of allylic oxidation sites excluding steroid dienone is 2. The maximum atomic E-state index is 3.60. The number of hydrogen-bond donors (Lipinski definition) is 1. The van der Waals surface area contributed by atoms with E-state index in [4.69, 9.17) is 0 Å². The molecule has 0 aromatic heterocycles. The van der Waals surface area contributed by atoms with Gasteiger partial charge in [-0.15, -0.1) is 19.7 Å². The Morgan fingerprint density at radius 3 is 1.42 bits per heavy atom. The summed E-state index contributed by atoms with van der Waals surface area (Å²) >= 11 is 0. The molecule has 118 valence electrons. The molecule has 1 unspecified atom stereocenters. The Morgan fingerprint density at radius 1 is 0.947 bits per heavy atom. The summed E-state index contributed by atoms with van der Waals surface area (Å²) in [5.41, 5.74) is 0. The minimum Gasteiger partial charge on any atom is -0.300 e. The molecule has 0 fully saturated rings. The first-order valence-corrected chi connectivity index (χ1v) is 8.05. The van der Waals surface area contributed by atoms with Crippen molar-refractivity contribution in [1.82, 2.24) is 5.09 Å². The molecular formula is C17H40NP. The Labute approximate surface area is 126 Å². The van der Waals surface area contributed by atoms with Crippen molar-refractivity contribution in [2.45, 2.75) is 67.2 Å². The van der Waals surface area contributed by atoms with E-state index in [0.29, 0.717) is 0 Å². The SMILES string of the molecule is C=CC.C=CCCCC.C=CCCNP.CC.CC. The number of rotatable bonds is 6. The monoisotopic (exact) mass is 289 g/mol. The smallest absolute Gasteiger partial charge is 0.00201 e. The van der Waals surface area contributed by atoms with Gasteiger partial charge in [0.05, 0.1) is 0 Å². The summed E-state index contributed by atoms with van der Waals surface area (Å²) in [4.78, 5) is 0. The summed E-state index contributed by atoms with van der Waals surface area (Å²) in [6.07, 6.45) is 10.4. The van der Waals surface area contributed by atoms with Crippen LogP contribution in [0.15, 0.2) is 38.0 Å². The largest absolute Gasteiger partial charge is 0.300 e. The Kier molecular flexibility index (Phi) is 107. The highest BCUT2D eigenvalue weighted by Crippen LogP contribution is 1.91. The van der Waals surface area contributed by atoms with Crippen molar-refractivity contribution in [2.24, 2.45) is 0 Å². The zero-order valence-electron chi connectivity index (χ0n) is 14.5. The molecule has 1 atom stereocenters. The third-order valence-electron chi connectivity index (χ3n) is 1.25. The highest BCUT2D eigenvalue weighted by molar-refractivity contribution is 7.13. The zero-order valence-corrected chi connectivity index (χ0v) is 15.6. The van der Waals surface area contributed by atoms with Crippen LogP contribution in [0.5, 0.6) is 0 Å². The summed E-state index contributed by atoms with van der Waals surface area (Å²) in [5.74, 6) is 0. The number of hydrogen-bond acceptors (Lipinski definition) is 1. The Morgan fingerprint density at radius 2 is 1.32 bits per heavy atom. The summed E-state index contributed by atoms with van der Waals surface area (Å²) < 4.78 is 0. The van der Waals surface area contributed by atoms with E-state index in [9.17, 15) is 0 Å². The van der Waals surface area contributed by atoms with Gasteiger partial charge in [-0.2, -0.15) is 0 Å². The average Bonchev–Trinajstić information content (AvgIpc) is 2.48. The Balaban J connectivity index is -0.0000000472. The fourth-order valence-corrected chi connectivity index (χ4v) is 0.701. The molecule has 0 aromatic rings. The molecule has 0 aliphatic heterocycles. The highest BCUT2D eigenvalue weighted by Gasteiger charge is 1.71. The van der Waals surface area contributed by atoms with Crippen molar-refractivity contribution in [1.29, 1.82) is 0 Å². The predicted octanol–water partition coefficient (Wildman–Crippen LogP) is 6.55. The van der Waals surface area contributed by atoms with Gasteiger partial charge in [0.25, 0.3) is 0 Å². The zero-order chi connectivity index (χ0) is 16.4. The molecule has 1 N–H and O–H groups in total. The van der Waals surface area contributed by atoms with E-state index in [-0.39, 0.29) is 0 Å². The molecule has 0 spiro atoms. The van der Waals surface area contributed by atoms with Crippen LogP contribution in [0.2, 0.25) is 0 Å². The van der Waals surface area contributed by atoms with Gasteiger partial charge in [-0.3, -0.25) is 0 Å². The average molecular weight is 289 g/mol. The van der Waals surface area contributed by atoms with Crippen LogP contribution >= 0.6 is 9.39 Å². The molecule has 0 saturated heterocycles. The van der Waals surface area contributed by atoms with Gasteiger partial charge in [-0.05, 0) is 19.8 Å². The van der Waals surface area contributed by atoms with Gasteiger partial charge >= 0.3 is 0 Å². The molecule has 1 nitrogen and oxygen atoms in total. The van der Waals surface area contributed by atoms with Gasteiger partial charge in [0.1, 0.15) is 0 Å². The van der Waals surface area contributed by atoms with Crippen LogP contribution in [-0.4, -0.2) is 6.54 Å². The second kappa shape index (κ2) is 65.5. The van der Waals surface area contributed by atoms with E-state index >= 15 is 0 Å². The molecule has 0 rings (SSSR count). The topological polar surface area (TPSA) is 12.0 Å². The molecule has 0 heterocycles. The maximum absolute atomic E-state index is 3.60. The van der Waals surface area contributed by atoms with Crippen LogP contribution in [0.3, 0.4) is 0 Å². The second-order valence-corrected chi connectivity index (χ2v) is 3.28. The molecular weight excluding hydrogens is 249 g/mol. The minimum atomic E-state index is 1.01. The first-order chi connectivity index (χ1) is 9.24. The molecule has 0 amide bonds. The van der Waals surface area contributed by atoms with Crippen molar-refractivity contribution < 1.29 is 0 Å². The summed E-state index contributed by atoms with van der Waals surface area (Å²) in [6.45, 7) is 23.6. The van der Waals surface area contributed by atoms with Crippen molar-refractivity contribution in [3.8, 4) is 0 Å². The lowest BCUT2D eigenvalue weighted by molar-refractivity contribution is 0.816. The molecule has 19 heavy (non-hydrogen) atoms. The summed E-state index contributed by atoms with van der Waals surface area (Å²) in [6, 6.07) is 0. The lowest BCUT2D eigenvalue weighted by Gasteiger charge is -1.86. The fraction of sp³-hybridized carbons (Fsp3) is 0.647. The number of unbranched alkanes of at least 4 members (excludes halogenated alkanes) is 2. The van der Waals surface area contributed by atoms with Gasteiger partial charge in [-0.1, -0.05) is 75.1 Å². The van der Waals surface area contributed by atoms with Crippen molar-refractivity contribution >= 4 is 9.39 Å². The second-order valence-electron chi connectivity index (χ2n) is 2.87. The third-order valence-corrected chi connectivity index (χ3v) is 1.54. The van der Waals surface area contributed by atoms with Crippen molar-refractivity contribution in [3.05, 3.63) is 38.0 Å². The van der Waals surface area contributed by atoms with Crippen LogP contribution in [0.25, 0.3) is 0 Å². The van der Waals surface area contributed by atoms with Gasteiger partial charge in [0, 0.05) is 6.54 Å². The van der Waals surface area contributed by atoms with E-state index in [1.54, 1.807) is 6.08 Å². The highest BCUT2D eigenvalue weighted by atomic mass is 31.0. The van der Waals surface area contributed by atoms with Crippen LogP contribution in [0, 0.1) is 0 Å². The Hall–Kier alpha value is -0.390. The minimum absolute atomic E-state index is 1.01. The van der Waals surface area contributed by atoms with Gasteiger partial charge in [0.15, 0.2) is 0 Å². The lowest BCUT2D eigenvalue weighted by atomic mass is 10.3. The van der Waals surface area contributed by atoms with E-state index in [2.05, 4.69) is 41.1 Å². The van der Waals surface area contributed by atoms with E-state index in [1.807, 2.05) is 46.8 Å². The van der Waals surface area contributed by atoms with Gasteiger partial charge in [-0.25, -0.2) is 0 Å². The third kappa shape index (κ3) is 136. The molecule has 0 aliphatic carbocycles.